The fourth-order valence-electron chi connectivity index (χ4n) is 2.39. The minimum absolute atomic E-state index is 0.283. The molecule has 0 spiro atoms. The largest absolute Gasteiger partial charge is 0.361 e. The maximum atomic E-state index is 12.9. The Bertz CT molecular complexity index is 898. The van der Waals surface area contributed by atoms with Crippen LogP contribution in [0, 0.1) is 16.7 Å². The maximum Gasteiger partial charge on any atom is 0.255 e. The van der Waals surface area contributed by atoms with Gasteiger partial charge in [-0.15, -0.1) is 0 Å². The number of rotatable bonds is 8. The van der Waals surface area contributed by atoms with Crippen molar-refractivity contribution in [3.63, 3.8) is 0 Å². The molecule has 0 aliphatic rings. The first-order chi connectivity index (χ1) is 12.9. The van der Waals surface area contributed by atoms with Crippen molar-refractivity contribution in [2.75, 3.05) is 6.61 Å². The van der Waals surface area contributed by atoms with E-state index in [4.69, 9.17) is 4.74 Å². The average molecular weight is 466 g/mol. The Morgan fingerprint density at radius 2 is 2.14 bits per heavy atom. The van der Waals surface area contributed by atoms with E-state index >= 15 is 0 Å². The molecule has 0 aliphatic heterocycles. The molecule has 1 amide bonds. The summed E-state index contributed by atoms with van der Waals surface area (Å²) in [6.45, 7) is 13.3. The summed E-state index contributed by atoms with van der Waals surface area (Å²) in [5, 5.41) is 12.2. The van der Waals surface area contributed by atoms with Crippen molar-refractivity contribution in [2.24, 2.45) is 5.41 Å². The van der Waals surface area contributed by atoms with Crippen LogP contribution in [0.4, 0.5) is 0 Å². The zero-order valence-electron chi connectivity index (χ0n) is 17.3. The van der Waals surface area contributed by atoms with Gasteiger partial charge in [0.2, 0.25) is 0 Å². The molecular formula is C19H28BrN5O2Si. The highest BCUT2D eigenvalue weighted by atomic mass is 79.9. The van der Waals surface area contributed by atoms with Gasteiger partial charge >= 0.3 is 0 Å². The molecule has 0 unspecified atom stereocenters. The minimum atomic E-state index is -1.17. The first kappa shape index (κ1) is 22.5. The van der Waals surface area contributed by atoms with Crippen LogP contribution in [0.15, 0.2) is 17.0 Å². The smallest absolute Gasteiger partial charge is 0.255 e. The van der Waals surface area contributed by atoms with Crippen LogP contribution in [0.3, 0.4) is 0 Å². The summed E-state index contributed by atoms with van der Waals surface area (Å²) in [7, 11) is -1.17. The van der Waals surface area contributed by atoms with Crippen LogP contribution in [-0.2, 0) is 11.5 Å². The Morgan fingerprint density at radius 1 is 1.46 bits per heavy atom. The molecule has 0 saturated heterocycles. The predicted octanol–water partition coefficient (Wildman–Crippen LogP) is 4.17. The number of fused-ring (bicyclic) bond motifs is 1. The molecule has 0 fully saturated rings. The standard InChI is InChI=1S/C19H28BrN5O2Si/c1-13(19(2,3)11-21)23-18(26)14-10-25(12-27-7-8-28(4,5)6)17-16(14)24-15(20)9-22-17/h9-10,13H,7-8,12H2,1-6H3,(H,23,26)/t13-/m0/s1. The lowest BCUT2D eigenvalue weighted by molar-refractivity contribution is 0.0886. The SMILES string of the molecule is C[C@H](NC(=O)c1cn(COCC[Si](C)(C)C)c2ncc(Br)nc12)C(C)(C)C#N. The summed E-state index contributed by atoms with van der Waals surface area (Å²) >= 11 is 3.32. The van der Waals surface area contributed by atoms with Gasteiger partial charge in [-0.25, -0.2) is 9.97 Å². The van der Waals surface area contributed by atoms with Gasteiger partial charge in [0.1, 0.15) is 16.9 Å². The fraction of sp³-hybridized carbons (Fsp3) is 0.579. The third-order valence-corrected chi connectivity index (χ3v) is 6.81. The van der Waals surface area contributed by atoms with Crippen LogP contribution in [0.5, 0.6) is 0 Å². The van der Waals surface area contributed by atoms with Crippen LogP contribution in [-0.4, -0.2) is 41.2 Å². The number of amides is 1. The van der Waals surface area contributed by atoms with E-state index in [-0.39, 0.29) is 11.9 Å². The van der Waals surface area contributed by atoms with Crippen molar-refractivity contribution in [3.8, 4) is 6.07 Å². The maximum absolute atomic E-state index is 12.9. The Labute approximate surface area is 175 Å². The molecule has 2 heterocycles. The van der Waals surface area contributed by atoms with Crippen LogP contribution in [0.25, 0.3) is 11.2 Å². The van der Waals surface area contributed by atoms with E-state index in [9.17, 15) is 10.1 Å². The molecule has 7 nitrogen and oxygen atoms in total. The second-order valence-corrected chi connectivity index (χ2v) is 15.2. The van der Waals surface area contributed by atoms with Gasteiger partial charge in [-0.3, -0.25) is 4.79 Å². The number of halogens is 1. The number of nitriles is 1. The van der Waals surface area contributed by atoms with E-state index < -0.39 is 13.5 Å². The molecule has 0 bridgehead atoms. The number of carbonyl (C=O) groups is 1. The summed E-state index contributed by atoms with van der Waals surface area (Å²) in [6.07, 6.45) is 3.32. The molecule has 0 aromatic carbocycles. The molecule has 9 heteroatoms. The first-order valence-corrected chi connectivity index (χ1v) is 13.8. The molecule has 152 valence electrons. The average Bonchev–Trinajstić information content (AvgIpc) is 2.95. The van der Waals surface area contributed by atoms with Crippen molar-refractivity contribution in [1.29, 1.82) is 5.26 Å². The number of carbonyl (C=O) groups excluding carboxylic acids is 1. The number of nitrogens with zero attached hydrogens (tertiary/aromatic N) is 4. The van der Waals surface area contributed by atoms with Crippen LogP contribution < -0.4 is 5.32 Å². The van der Waals surface area contributed by atoms with Crippen LogP contribution in [0.2, 0.25) is 25.7 Å². The van der Waals surface area contributed by atoms with Gasteiger partial charge in [0.15, 0.2) is 5.65 Å². The van der Waals surface area contributed by atoms with Gasteiger partial charge in [0, 0.05) is 26.9 Å². The molecule has 2 aromatic heterocycles. The fourth-order valence-corrected chi connectivity index (χ4v) is 3.42. The summed E-state index contributed by atoms with van der Waals surface area (Å²) in [5.74, 6) is -0.283. The number of nitrogens with one attached hydrogen (secondary N) is 1. The lowest BCUT2D eigenvalue weighted by Gasteiger charge is -2.25. The lowest BCUT2D eigenvalue weighted by Crippen LogP contribution is -2.42. The van der Waals surface area contributed by atoms with Crippen molar-refractivity contribution in [3.05, 3.63) is 22.6 Å². The molecule has 28 heavy (non-hydrogen) atoms. The van der Waals surface area contributed by atoms with Crippen LogP contribution >= 0.6 is 15.9 Å². The molecule has 0 radical (unpaired) electrons. The highest BCUT2D eigenvalue weighted by Gasteiger charge is 2.28. The van der Waals surface area contributed by atoms with E-state index in [0.717, 1.165) is 6.04 Å². The highest BCUT2D eigenvalue weighted by Crippen LogP contribution is 2.23. The van der Waals surface area contributed by atoms with Crippen molar-refractivity contribution < 1.29 is 9.53 Å². The van der Waals surface area contributed by atoms with Gasteiger partial charge < -0.3 is 14.6 Å². The predicted molar refractivity (Wildman–Crippen MR) is 116 cm³/mol. The second kappa shape index (κ2) is 8.72. The quantitative estimate of drug-likeness (QED) is 0.466. The number of aromatic nitrogens is 3. The van der Waals surface area contributed by atoms with Crippen LogP contribution in [0.1, 0.15) is 31.1 Å². The van der Waals surface area contributed by atoms with Gasteiger partial charge in [0.25, 0.3) is 5.91 Å². The van der Waals surface area contributed by atoms with E-state index in [1.54, 1.807) is 30.8 Å². The van der Waals surface area contributed by atoms with E-state index in [1.807, 2.05) is 6.92 Å². The minimum Gasteiger partial charge on any atom is -0.361 e. The molecular weight excluding hydrogens is 438 g/mol. The van der Waals surface area contributed by atoms with Gasteiger partial charge in [-0.05, 0) is 42.7 Å². The normalized spacial score (nSPS) is 13.4. The lowest BCUT2D eigenvalue weighted by atomic mass is 9.87. The van der Waals surface area contributed by atoms with Gasteiger partial charge in [0.05, 0.1) is 23.2 Å². The zero-order valence-corrected chi connectivity index (χ0v) is 19.9. The topological polar surface area (TPSA) is 92.8 Å². The number of hydrogen-bond acceptors (Lipinski definition) is 5. The first-order valence-electron chi connectivity index (χ1n) is 9.26. The molecule has 1 N–H and O–H groups in total. The molecule has 2 rings (SSSR count). The summed E-state index contributed by atoms with van der Waals surface area (Å²) in [6, 6.07) is 2.97. The Balaban J connectivity index is 2.25. The third kappa shape index (κ3) is 5.62. The Kier molecular flexibility index (Phi) is 7.01. The van der Waals surface area contributed by atoms with E-state index in [1.165, 1.54) is 0 Å². The Morgan fingerprint density at radius 3 is 2.75 bits per heavy atom. The molecule has 2 aromatic rings. The van der Waals surface area contributed by atoms with Crippen molar-refractivity contribution in [1.82, 2.24) is 19.9 Å². The summed E-state index contributed by atoms with van der Waals surface area (Å²) in [4.78, 5) is 21.7. The summed E-state index contributed by atoms with van der Waals surface area (Å²) in [5.41, 5.74) is 0.828. The van der Waals surface area contributed by atoms with E-state index in [2.05, 4.69) is 56.9 Å². The summed E-state index contributed by atoms with van der Waals surface area (Å²) < 4.78 is 8.18. The van der Waals surface area contributed by atoms with Gasteiger partial charge in [-0.1, -0.05) is 19.6 Å². The van der Waals surface area contributed by atoms with Gasteiger partial charge in [-0.2, -0.15) is 5.26 Å². The molecule has 0 saturated carbocycles. The molecule has 1 atom stereocenters. The Hall–Kier alpha value is -1.76. The zero-order chi connectivity index (χ0) is 21.1. The number of hydrogen-bond donors (Lipinski definition) is 1. The monoisotopic (exact) mass is 465 g/mol. The molecule has 0 aliphatic carbocycles. The second-order valence-electron chi connectivity index (χ2n) is 8.75. The van der Waals surface area contributed by atoms with Crippen molar-refractivity contribution in [2.45, 2.75) is 59.2 Å². The van der Waals surface area contributed by atoms with Crippen molar-refractivity contribution >= 4 is 41.1 Å². The third-order valence-electron chi connectivity index (χ3n) is 4.73. The highest BCUT2D eigenvalue weighted by molar-refractivity contribution is 9.10. The number of ether oxygens (including phenoxy) is 1. The van der Waals surface area contributed by atoms with E-state index in [0.29, 0.717) is 34.7 Å².